The number of nitrogens with one attached hydrogen (secondary N) is 1. The van der Waals surface area contributed by atoms with Crippen molar-refractivity contribution in [3.63, 3.8) is 0 Å². The van der Waals surface area contributed by atoms with Gasteiger partial charge in [-0.1, -0.05) is 40.2 Å². The lowest BCUT2D eigenvalue weighted by atomic mass is 9.92. The second-order valence-electron chi connectivity index (χ2n) is 6.11. The van der Waals surface area contributed by atoms with Crippen LogP contribution in [0.3, 0.4) is 0 Å². The second-order valence-corrected chi connectivity index (χ2v) is 7.03. The molecule has 134 valence electrons. The van der Waals surface area contributed by atoms with Crippen LogP contribution in [0.25, 0.3) is 0 Å². The molecule has 0 radical (unpaired) electrons. The SMILES string of the molecule is COc1cccc([C@@H]2C[C@@H](c3cccc(Br)c3)Nc3ncnn32)c1OC. The van der Waals surface area contributed by atoms with Crippen molar-refractivity contribution in [2.45, 2.75) is 18.5 Å². The van der Waals surface area contributed by atoms with E-state index in [1.165, 1.54) is 5.56 Å². The lowest BCUT2D eigenvalue weighted by Gasteiger charge is -2.32. The summed E-state index contributed by atoms with van der Waals surface area (Å²) in [6.07, 6.45) is 2.39. The van der Waals surface area contributed by atoms with Crippen molar-refractivity contribution in [1.82, 2.24) is 14.8 Å². The minimum absolute atomic E-state index is 0.0113. The highest BCUT2D eigenvalue weighted by Crippen LogP contribution is 2.43. The minimum Gasteiger partial charge on any atom is -0.493 e. The Kier molecular flexibility index (Phi) is 4.55. The number of aromatic nitrogens is 3. The van der Waals surface area contributed by atoms with Gasteiger partial charge in [-0.3, -0.25) is 0 Å². The van der Waals surface area contributed by atoms with Crippen molar-refractivity contribution in [2.24, 2.45) is 0 Å². The van der Waals surface area contributed by atoms with Crippen molar-refractivity contribution in [3.8, 4) is 11.5 Å². The van der Waals surface area contributed by atoms with E-state index in [1.54, 1.807) is 20.5 Å². The molecule has 0 bridgehead atoms. The van der Waals surface area contributed by atoms with Gasteiger partial charge in [-0.2, -0.15) is 10.1 Å². The lowest BCUT2D eigenvalue weighted by Crippen LogP contribution is -2.28. The number of hydrogen-bond acceptors (Lipinski definition) is 5. The molecule has 26 heavy (non-hydrogen) atoms. The highest BCUT2D eigenvalue weighted by Gasteiger charge is 2.32. The molecule has 0 saturated carbocycles. The molecule has 2 aromatic carbocycles. The van der Waals surface area contributed by atoms with Gasteiger partial charge in [0.15, 0.2) is 11.5 Å². The van der Waals surface area contributed by atoms with E-state index in [0.717, 1.165) is 28.2 Å². The van der Waals surface area contributed by atoms with Crippen LogP contribution in [-0.2, 0) is 0 Å². The molecule has 2 atom stereocenters. The summed E-state index contributed by atoms with van der Waals surface area (Å²) < 4.78 is 14.1. The number of fused-ring (bicyclic) bond motifs is 1. The van der Waals surface area contributed by atoms with Crippen LogP contribution in [0.5, 0.6) is 11.5 Å². The van der Waals surface area contributed by atoms with E-state index in [2.05, 4.69) is 49.5 Å². The Morgan fingerprint density at radius 2 is 2.00 bits per heavy atom. The van der Waals surface area contributed by atoms with Crippen LogP contribution in [0.4, 0.5) is 5.95 Å². The van der Waals surface area contributed by atoms with Crippen LogP contribution < -0.4 is 14.8 Å². The molecule has 4 rings (SSSR count). The standard InChI is InChI=1S/C19H19BrN4O2/c1-25-17-8-4-7-14(18(17)26-2)16-10-15(12-5-3-6-13(20)9-12)23-19-21-11-22-24(16)19/h3-9,11,15-16H,10H2,1-2H3,(H,21,22,23)/t15-,16-/m0/s1. The third kappa shape index (κ3) is 2.92. The Bertz CT molecular complexity index is 927. The van der Waals surface area contributed by atoms with Gasteiger partial charge in [-0.05, 0) is 30.2 Å². The van der Waals surface area contributed by atoms with Crippen molar-refractivity contribution in [1.29, 1.82) is 0 Å². The topological polar surface area (TPSA) is 61.2 Å². The average Bonchev–Trinajstić information content (AvgIpc) is 3.15. The summed E-state index contributed by atoms with van der Waals surface area (Å²) in [6.45, 7) is 0. The lowest BCUT2D eigenvalue weighted by molar-refractivity contribution is 0.340. The zero-order valence-corrected chi connectivity index (χ0v) is 16.1. The van der Waals surface area contributed by atoms with Crippen molar-refractivity contribution in [3.05, 3.63) is 64.4 Å². The molecule has 1 aromatic heterocycles. The molecule has 0 saturated heterocycles. The van der Waals surface area contributed by atoms with Gasteiger partial charge in [-0.15, -0.1) is 0 Å². The first kappa shape index (κ1) is 16.9. The van der Waals surface area contributed by atoms with E-state index < -0.39 is 0 Å². The van der Waals surface area contributed by atoms with E-state index in [0.29, 0.717) is 5.75 Å². The summed E-state index contributed by atoms with van der Waals surface area (Å²) >= 11 is 3.56. The molecule has 0 aliphatic carbocycles. The number of halogens is 1. The van der Waals surface area contributed by atoms with Gasteiger partial charge in [-0.25, -0.2) is 4.68 Å². The number of methoxy groups -OCH3 is 2. The summed E-state index contributed by atoms with van der Waals surface area (Å²) in [5, 5.41) is 7.91. The monoisotopic (exact) mass is 414 g/mol. The molecule has 6 nitrogen and oxygen atoms in total. The van der Waals surface area contributed by atoms with E-state index >= 15 is 0 Å². The average molecular weight is 415 g/mol. The van der Waals surface area contributed by atoms with Crippen molar-refractivity contribution >= 4 is 21.9 Å². The quantitative estimate of drug-likeness (QED) is 0.692. The van der Waals surface area contributed by atoms with Crippen LogP contribution >= 0.6 is 15.9 Å². The number of nitrogens with zero attached hydrogens (tertiary/aromatic N) is 3. The molecule has 0 unspecified atom stereocenters. The molecule has 0 fully saturated rings. The zero-order chi connectivity index (χ0) is 18.1. The number of rotatable bonds is 4. The maximum Gasteiger partial charge on any atom is 0.222 e. The molecule has 1 aliphatic heterocycles. The van der Waals surface area contributed by atoms with Gasteiger partial charge in [0.25, 0.3) is 0 Å². The largest absolute Gasteiger partial charge is 0.493 e. The van der Waals surface area contributed by atoms with Crippen LogP contribution in [0.15, 0.2) is 53.3 Å². The fourth-order valence-corrected chi connectivity index (χ4v) is 3.91. The number of anilines is 1. The molecule has 3 aromatic rings. The van der Waals surface area contributed by atoms with E-state index in [4.69, 9.17) is 9.47 Å². The van der Waals surface area contributed by atoms with E-state index in [-0.39, 0.29) is 12.1 Å². The second kappa shape index (κ2) is 6.99. The Morgan fingerprint density at radius 3 is 2.77 bits per heavy atom. The molecule has 0 spiro atoms. The van der Waals surface area contributed by atoms with Crippen molar-refractivity contribution in [2.75, 3.05) is 19.5 Å². The Hall–Kier alpha value is -2.54. The summed E-state index contributed by atoms with van der Waals surface area (Å²) in [5.74, 6) is 2.19. The summed E-state index contributed by atoms with van der Waals surface area (Å²) in [7, 11) is 3.31. The fraction of sp³-hybridized carbons (Fsp3) is 0.263. The van der Waals surface area contributed by atoms with Gasteiger partial charge in [0.1, 0.15) is 6.33 Å². The normalized spacial score (nSPS) is 18.7. The van der Waals surface area contributed by atoms with Crippen LogP contribution in [0.2, 0.25) is 0 Å². The molecule has 1 N–H and O–H groups in total. The van der Waals surface area contributed by atoms with Crippen LogP contribution in [0, 0.1) is 0 Å². The van der Waals surface area contributed by atoms with Crippen molar-refractivity contribution < 1.29 is 9.47 Å². The molecule has 2 heterocycles. The summed E-state index contributed by atoms with van der Waals surface area (Å²) in [5.41, 5.74) is 2.22. The summed E-state index contributed by atoms with van der Waals surface area (Å²) in [4.78, 5) is 4.39. The molecule has 0 amide bonds. The first-order valence-corrected chi connectivity index (χ1v) is 9.13. The van der Waals surface area contributed by atoms with Crippen LogP contribution in [0.1, 0.15) is 29.6 Å². The van der Waals surface area contributed by atoms with Gasteiger partial charge in [0, 0.05) is 10.0 Å². The van der Waals surface area contributed by atoms with Gasteiger partial charge < -0.3 is 14.8 Å². The van der Waals surface area contributed by atoms with Gasteiger partial charge >= 0.3 is 0 Å². The third-order valence-corrected chi connectivity index (χ3v) is 5.17. The number of benzene rings is 2. The van der Waals surface area contributed by atoms with Crippen LogP contribution in [-0.4, -0.2) is 29.0 Å². The number of para-hydroxylation sites is 1. The van der Waals surface area contributed by atoms with E-state index in [9.17, 15) is 0 Å². The zero-order valence-electron chi connectivity index (χ0n) is 14.5. The molecular formula is C19H19BrN4O2. The minimum atomic E-state index is -0.0113. The number of ether oxygens (including phenoxy) is 2. The summed E-state index contributed by atoms with van der Waals surface area (Å²) in [6, 6.07) is 14.4. The third-order valence-electron chi connectivity index (χ3n) is 4.67. The van der Waals surface area contributed by atoms with E-state index in [1.807, 2.05) is 28.9 Å². The predicted molar refractivity (Wildman–Crippen MR) is 103 cm³/mol. The first-order valence-electron chi connectivity index (χ1n) is 8.33. The maximum absolute atomic E-state index is 5.66. The van der Waals surface area contributed by atoms with Gasteiger partial charge in [0.05, 0.1) is 26.3 Å². The Balaban J connectivity index is 1.79. The Morgan fingerprint density at radius 1 is 1.15 bits per heavy atom. The highest BCUT2D eigenvalue weighted by atomic mass is 79.9. The molecule has 7 heteroatoms. The molecule has 1 aliphatic rings. The van der Waals surface area contributed by atoms with Gasteiger partial charge in [0.2, 0.25) is 5.95 Å². The maximum atomic E-state index is 5.66. The molecular weight excluding hydrogens is 396 g/mol. The predicted octanol–water partition coefficient (Wildman–Crippen LogP) is 4.20. The Labute approximate surface area is 160 Å². The first-order chi connectivity index (χ1) is 12.7. The fourth-order valence-electron chi connectivity index (χ4n) is 3.50. The highest BCUT2D eigenvalue weighted by molar-refractivity contribution is 9.10. The smallest absolute Gasteiger partial charge is 0.222 e. The number of hydrogen-bond donors (Lipinski definition) is 1.